The van der Waals surface area contributed by atoms with E-state index in [4.69, 9.17) is 4.74 Å². The molecule has 0 aliphatic heterocycles. The van der Waals surface area contributed by atoms with Crippen molar-refractivity contribution in [1.82, 2.24) is 15.2 Å². The molecule has 0 saturated heterocycles. The molecule has 0 spiro atoms. The van der Waals surface area contributed by atoms with E-state index in [1.807, 2.05) is 31.2 Å². The van der Waals surface area contributed by atoms with Gasteiger partial charge in [-0.05, 0) is 56.4 Å². The minimum atomic E-state index is -0.126. The van der Waals surface area contributed by atoms with Crippen molar-refractivity contribution in [3.05, 3.63) is 48.2 Å². The van der Waals surface area contributed by atoms with Gasteiger partial charge in [0.25, 0.3) is 5.91 Å². The summed E-state index contributed by atoms with van der Waals surface area (Å²) in [5, 5.41) is 6.18. The lowest BCUT2D eigenvalue weighted by molar-refractivity contribution is 0.0949. The lowest BCUT2D eigenvalue weighted by atomic mass is 10.2. The van der Waals surface area contributed by atoms with Crippen LogP contribution in [0, 0.1) is 0 Å². The van der Waals surface area contributed by atoms with Gasteiger partial charge in [0.1, 0.15) is 11.6 Å². The number of nitrogens with one attached hydrogen (secondary N) is 2. The van der Waals surface area contributed by atoms with Gasteiger partial charge < -0.3 is 20.3 Å². The predicted octanol–water partition coefficient (Wildman–Crippen LogP) is 3.30. The van der Waals surface area contributed by atoms with Crippen molar-refractivity contribution in [1.29, 1.82) is 0 Å². The number of nitrogens with zero attached hydrogens (tertiary/aromatic N) is 2. The number of rotatable bonds is 10. The van der Waals surface area contributed by atoms with Crippen molar-refractivity contribution in [3.63, 3.8) is 0 Å². The highest BCUT2D eigenvalue weighted by atomic mass is 16.5. The largest absolute Gasteiger partial charge is 0.494 e. The number of hydrogen-bond acceptors (Lipinski definition) is 5. The molecular weight excluding hydrogens is 328 g/mol. The van der Waals surface area contributed by atoms with Gasteiger partial charge in [0, 0.05) is 25.0 Å². The van der Waals surface area contributed by atoms with Crippen LogP contribution in [0.5, 0.6) is 5.75 Å². The molecule has 140 valence electrons. The number of carbonyl (C=O) groups is 1. The maximum Gasteiger partial charge on any atom is 0.255 e. The Balaban J connectivity index is 2.01. The highest BCUT2D eigenvalue weighted by Crippen LogP contribution is 2.21. The minimum absolute atomic E-state index is 0.126. The molecule has 0 atom stereocenters. The number of likely N-dealkylation sites (N-methyl/N-ethyl adjacent to an activating group) is 1. The van der Waals surface area contributed by atoms with Crippen LogP contribution < -0.4 is 15.4 Å². The molecule has 1 aromatic carbocycles. The summed E-state index contributed by atoms with van der Waals surface area (Å²) >= 11 is 0. The van der Waals surface area contributed by atoms with Crippen molar-refractivity contribution in [2.75, 3.05) is 38.1 Å². The number of amides is 1. The van der Waals surface area contributed by atoms with Crippen molar-refractivity contribution < 1.29 is 9.53 Å². The van der Waals surface area contributed by atoms with Crippen molar-refractivity contribution in [3.8, 4) is 5.75 Å². The molecule has 0 radical (unpaired) electrons. The molecule has 1 aromatic heterocycles. The zero-order valence-corrected chi connectivity index (χ0v) is 15.8. The molecule has 0 saturated carbocycles. The summed E-state index contributed by atoms with van der Waals surface area (Å²) in [5.41, 5.74) is 1.38. The summed E-state index contributed by atoms with van der Waals surface area (Å²) < 4.78 is 5.44. The van der Waals surface area contributed by atoms with Crippen LogP contribution in [0.2, 0.25) is 0 Å². The van der Waals surface area contributed by atoms with Crippen LogP contribution in [-0.4, -0.2) is 48.6 Å². The minimum Gasteiger partial charge on any atom is -0.494 e. The molecule has 2 rings (SSSR count). The Labute approximate surface area is 155 Å². The van der Waals surface area contributed by atoms with E-state index in [0.29, 0.717) is 24.5 Å². The first-order valence-electron chi connectivity index (χ1n) is 9.13. The fourth-order valence-electron chi connectivity index (χ4n) is 2.59. The van der Waals surface area contributed by atoms with Crippen LogP contribution in [0.3, 0.4) is 0 Å². The van der Waals surface area contributed by atoms with Crippen molar-refractivity contribution in [2.24, 2.45) is 0 Å². The van der Waals surface area contributed by atoms with Crippen molar-refractivity contribution >= 4 is 17.4 Å². The van der Waals surface area contributed by atoms with Gasteiger partial charge in [-0.1, -0.05) is 13.8 Å². The SMILES string of the molecule is CCOc1ccc(Nc2ncccc2C(=O)NCCN(CC)CC)cc1. The van der Waals surface area contributed by atoms with E-state index in [1.165, 1.54) is 0 Å². The quantitative estimate of drug-likeness (QED) is 0.684. The zero-order chi connectivity index (χ0) is 18.8. The van der Waals surface area contributed by atoms with Gasteiger partial charge in [-0.25, -0.2) is 4.98 Å². The van der Waals surface area contributed by atoms with Gasteiger partial charge >= 0.3 is 0 Å². The second-order valence-corrected chi connectivity index (χ2v) is 5.76. The molecule has 6 nitrogen and oxygen atoms in total. The molecule has 0 aliphatic rings. The van der Waals surface area contributed by atoms with Gasteiger partial charge in [0.2, 0.25) is 0 Å². The number of pyridine rings is 1. The van der Waals surface area contributed by atoms with E-state index >= 15 is 0 Å². The number of hydrogen-bond donors (Lipinski definition) is 2. The molecule has 2 aromatic rings. The van der Waals surface area contributed by atoms with E-state index in [-0.39, 0.29) is 5.91 Å². The third-order valence-electron chi connectivity index (χ3n) is 4.09. The molecule has 26 heavy (non-hydrogen) atoms. The summed E-state index contributed by atoms with van der Waals surface area (Å²) in [5.74, 6) is 1.23. The maximum absolute atomic E-state index is 12.5. The molecule has 2 N–H and O–H groups in total. The molecule has 0 fully saturated rings. The lowest BCUT2D eigenvalue weighted by Gasteiger charge is -2.18. The Morgan fingerprint density at radius 3 is 2.50 bits per heavy atom. The first-order chi connectivity index (χ1) is 12.7. The third kappa shape index (κ3) is 5.74. The molecule has 1 amide bonds. The molecule has 0 bridgehead atoms. The second-order valence-electron chi connectivity index (χ2n) is 5.76. The average molecular weight is 356 g/mol. The Bertz CT molecular complexity index is 684. The summed E-state index contributed by atoms with van der Waals surface area (Å²) in [6, 6.07) is 11.1. The first-order valence-corrected chi connectivity index (χ1v) is 9.13. The fraction of sp³-hybridized carbons (Fsp3) is 0.400. The molecule has 0 unspecified atom stereocenters. The maximum atomic E-state index is 12.5. The van der Waals surface area contributed by atoms with E-state index < -0.39 is 0 Å². The molecule has 0 aliphatic carbocycles. The topological polar surface area (TPSA) is 66.5 Å². The molecule has 1 heterocycles. The molecular formula is C20H28N4O2. The predicted molar refractivity (Wildman–Crippen MR) is 105 cm³/mol. The summed E-state index contributed by atoms with van der Waals surface area (Å²) in [6.07, 6.45) is 1.67. The first kappa shape index (κ1) is 19.7. The van der Waals surface area contributed by atoms with E-state index in [2.05, 4.69) is 34.4 Å². The third-order valence-corrected chi connectivity index (χ3v) is 4.09. The number of ether oxygens (including phenoxy) is 1. The van der Waals surface area contributed by atoms with Gasteiger partial charge in [0.05, 0.1) is 12.2 Å². The van der Waals surface area contributed by atoms with Crippen molar-refractivity contribution in [2.45, 2.75) is 20.8 Å². The van der Waals surface area contributed by atoms with Crippen LogP contribution >= 0.6 is 0 Å². The van der Waals surface area contributed by atoms with Gasteiger partial charge in [-0.3, -0.25) is 4.79 Å². The Hall–Kier alpha value is -2.60. The standard InChI is InChI=1S/C20H28N4O2/c1-4-24(5-2)15-14-22-20(25)18-8-7-13-21-19(18)23-16-9-11-17(12-10-16)26-6-3/h7-13H,4-6,14-15H2,1-3H3,(H,21,23)(H,22,25). The summed E-state index contributed by atoms with van der Waals surface area (Å²) in [7, 11) is 0. The van der Waals surface area contributed by atoms with Crippen LogP contribution in [0.1, 0.15) is 31.1 Å². The second kappa shape index (κ2) is 10.4. The van der Waals surface area contributed by atoms with E-state index in [0.717, 1.165) is 31.1 Å². The number of carbonyl (C=O) groups excluding carboxylic acids is 1. The van der Waals surface area contributed by atoms with E-state index in [1.54, 1.807) is 18.3 Å². The highest BCUT2D eigenvalue weighted by Gasteiger charge is 2.12. The van der Waals surface area contributed by atoms with Crippen LogP contribution in [-0.2, 0) is 0 Å². The van der Waals surface area contributed by atoms with Crippen LogP contribution in [0.4, 0.5) is 11.5 Å². The number of anilines is 2. The Morgan fingerprint density at radius 2 is 1.85 bits per heavy atom. The fourth-order valence-corrected chi connectivity index (χ4v) is 2.59. The average Bonchev–Trinajstić information content (AvgIpc) is 2.67. The number of benzene rings is 1. The normalized spacial score (nSPS) is 10.6. The Kier molecular flexibility index (Phi) is 7.89. The summed E-state index contributed by atoms with van der Waals surface area (Å²) in [6.45, 7) is 10.2. The van der Waals surface area contributed by atoms with Crippen LogP contribution in [0.15, 0.2) is 42.6 Å². The summed E-state index contributed by atoms with van der Waals surface area (Å²) in [4.78, 5) is 19.1. The van der Waals surface area contributed by atoms with Crippen LogP contribution in [0.25, 0.3) is 0 Å². The molecule has 6 heteroatoms. The highest BCUT2D eigenvalue weighted by molar-refractivity contribution is 5.99. The smallest absolute Gasteiger partial charge is 0.255 e. The Morgan fingerprint density at radius 1 is 1.12 bits per heavy atom. The van der Waals surface area contributed by atoms with Gasteiger partial charge in [0.15, 0.2) is 0 Å². The monoisotopic (exact) mass is 356 g/mol. The lowest BCUT2D eigenvalue weighted by Crippen LogP contribution is -2.35. The number of aromatic nitrogens is 1. The zero-order valence-electron chi connectivity index (χ0n) is 15.8. The van der Waals surface area contributed by atoms with Gasteiger partial charge in [-0.2, -0.15) is 0 Å². The van der Waals surface area contributed by atoms with Gasteiger partial charge in [-0.15, -0.1) is 0 Å². The van der Waals surface area contributed by atoms with E-state index in [9.17, 15) is 4.79 Å².